The number of primary amides is 1. The second-order valence-corrected chi connectivity index (χ2v) is 7.47. The van der Waals surface area contributed by atoms with Gasteiger partial charge in [0.25, 0.3) is 0 Å². The van der Waals surface area contributed by atoms with Crippen LogP contribution in [0.25, 0.3) is 0 Å². The lowest BCUT2D eigenvalue weighted by Gasteiger charge is -2.40. The smallest absolute Gasteiger partial charge is 0.410 e. The number of rotatable bonds is 1. The van der Waals surface area contributed by atoms with Gasteiger partial charge in [-0.3, -0.25) is 0 Å². The van der Waals surface area contributed by atoms with Gasteiger partial charge in [-0.05, 0) is 58.3 Å². The fourth-order valence-electron chi connectivity index (χ4n) is 3.47. The number of hydrogen-bond acceptors (Lipinski definition) is 3. The van der Waals surface area contributed by atoms with E-state index in [1.165, 1.54) is 0 Å². The molecule has 0 aromatic heterocycles. The maximum absolute atomic E-state index is 12.1. The number of nitrogens with two attached hydrogens (primary N) is 1. The summed E-state index contributed by atoms with van der Waals surface area (Å²) in [5.74, 6) is 1.30. The van der Waals surface area contributed by atoms with E-state index in [2.05, 4.69) is 0 Å². The Morgan fingerprint density at radius 3 is 1.68 bits per heavy atom. The Morgan fingerprint density at radius 1 is 0.909 bits per heavy atom. The van der Waals surface area contributed by atoms with Crippen molar-refractivity contribution in [3.8, 4) is 0 Å². The van der Waals surface area contributed by atoms with E-state index in [1.807, 2.05) is 25.7 Å². The average molecular weight is 311 g/mol. The van der Waals surface area contributed by atoms with Gasteiger partial charge >= 0.3 is 12.1 Å². The molecular formula is C16H29N3O3. The summed E-state index contributed by atoms with van der Waals surface area (Å²) >= 11 is 0. The molecule has 22 heavy (non-hydrogen) atoms. The summed E-state index contributed by atoms with van der Waals surface area (Å²) in [6.45, 7) is 8.77. The van der Waals surface area contributed by atoms with Crippen molar-refractivity contribution in [2.45, 2.75) is 52.1 Å². The zero-order chi connectivity index (χ0) is 16.3. The Labute approximate surface area is 132 Å². The first-order chi connectivity index (χ1) is 10.3. The van der Waals surface area contributed by atoms with Gasteiger partial charge in [-0.2, -0.15) is 0 Å². The molecule has 2 aliphatic heterocycles. The minimum Gasteiger partial charge on any atom is -0.444 e. The number of amides is 3. The van der Waals surface area contributed by atoms with Gasteiger partial charge in [-0.1, -0.05) is 0 Å². The molecule has 3 amide bonds. The molecule has 2 saturated heterocycles. The van der Waals surface area contributed by atoms with E-state index in [1.54, 1.807) is 4.90 Å². The van der Waals surface area contributed by atoms with Crippen molar-refractivity contribution in [1.29, 1.82) is 0 Å². The lowest BCUT2D eigenvalue weighted by molar-refractivity contribution is 0.0140. The number of carbonyl (C=O) groups is 2. The molecule has 0 aromatic carbocycles. The zero-order valence-electron chi connectivity index (χ0n) is 14.0. The van der Waals surface area contributed by atoms with Gasteiger partial charge in [0.2, 0.25) is 0 Å². The summed E-state index contributed by atoms with van der Waals surface area (Å²) in [5.41, 5.74) is 4.89. The van der Waals surface area contributed by atoms with E-state index in [4.69, 9.17) is 10.5 Å². The van der Waals surface area contributed by atoms with Crippen LogP contribution in [-0.4, -0.2) is 53.7 Å². The Morgan fingerprint density at radius 2 is 1.32 bits per heavy atom. The highest BCUT2D eigenvalue weighted by atomic mass is 16.6. The summed E-state index contributed by atoms with van der Waals surface area (Å²) in [4.78, 5) is 26.8. The van der Waals surface area contributed by atoms with Crippen LogP contribution in [0, 0.1) is 11.8 Å². The predicted molar refractivity (Wildman–Crippen MR) is 84.4 cm³/mol. The molecule has 2 N–H and O–H groups in total. The highest BCUT2D eigenvalue weighted by molar-refractivity contribution is 5.72. The third kappa shape index (κ3) is 4.52. The lowest BCUT2D eigenvalue weighted by atomic mass is 9.79. The fraction of sp³-hybridized carbons (Fsp3) is 0.875. The molecule has 2 heterocycles. The van der Waals surface area contributed by atoms with Crippen LogP contribution in [0.3, 0.4) is 0 Å². The summed E-state index contributed by atoms with van der Waals surface area (Å²) < 4.78 is 5.43. The molecule has 0 spiro atoms. The van der Waals surface area contributed by atoms with Crippen molar-refractivity contribution in [3.05, 3.63) is 0 Å². The van der Waals surface area contributed by atoms with Crippen molar-refractivity contribution in [2.24, 2.45) is 17.6 Å². The number of piperidine rings is 2. The fourth-order valence-corrected chi connectivity index (χ4v) is 3.47. The maximum Gasteiger partial charge on any atom is 0.410 e. The molecule has 0 bridgehead atoms. The molecular weight excluding hydrogens is 282 g/mol. The number of nitrogens with zero attached hydrogens (tertiary/aromatic N) is 2. The Bertz CT molecular complexity index is 403. The molecule has 126 valence electrons. The minimum absolute atomic E-state index is 0.200. The van der Waals surface area contributed by atoms with Crippen LogP contribution in [0.1, 0.15) is 46.5 Å². The van der Waals surface area contributed by atoms with Gasteiger partial charge in [0.1, 0.15) is 5.60 Å². The molecule has 2 aliphatic rings. The Hall–Kier alpha value is -1.46. The first-order valence-corrected chi connectivity index (χ1v) is 8.28. The minimum atomic E-state index is -0.435. The van der Waals surface area contributed by atoms with Gasteiger partial charge in [-0.25, -0.2) is 9.59 Å². The molecule has 0 aromatic rings. The summed E-state index contributed by atoms with van der Waals surface area (Å²) in [6, 6.07) is -0.307. The van der Waals surface area contributed by atoms with Crippen LogP contribution in [-0.2, 0) is 4.74 Å². The van der Waals surface area contributed by atoms with Crippen molar-refractivity contribution < 1.29 is 14.3 Å². The van der Waals surface area contributed by atoms with Crippen LogP contribution >= 0.6 is 0 Å². The number of likely N-dealkylation sites (tertiary alicyclic amines) is 2. The molecule has 2 fully saturated rings. The largest absolute Gasteiger partial charge is 0.444 e. The SMILES string of the molecule is CC(C)(C)OC(=O)N1CCC(C2CCN(C(N)=O)CC2)CC1. The topological polar surface area (TPSA) is 75.9 Å². The van der Waals surface area contributed by atoms with Crippen LogP contribution in [0.5, 0.6) is 0 Å². The van der Waals surface area contributed by atoms with Crippen LogP contribution < -0.4 is 5.73 Å². The van der Waals surface area contributed by atoms with Crippen LogP contribution in [0.4, 0.5) is 9.59 Å². The number of ether oxygens (including phenoxy) is 1. The van der Waals surface area contributed by atoms with Gasteiger partial charge in [-0.15, -0.1) is 0 Å². The molecule has 0 radical (unpaired) electrons. The predicted octanol–water partition coefficient (Wildman–Crippen LogP) is 2.42. The van der Waals surface area contributed by atoms with Crippen molar-refractivity contribution in [2.75, 3.05) is 26.2 Å². The number of hydrogen-bond donors (Lipinski definition) is 1. The van der Waals surface area contributed by atoms with Crippen molar-refractivity contribution in [3.63, 3.8) is 0 Å². The van der Waals surface area contributed by atoms with E-state index in [9.17, 15) is 9.59 Å². The molecule has 2 rings (SSSR count). The molecule has 0 unspecified atom stereocenters. The second-order valence-electron chi connectivity index (χ2n) is 7.47. The summed E-state index contributed by atoms with van der Waals surface area (Å²) in [6.07, 6.45) is 3.91. The number of carbonyl (C=O) groups excluding carboxylic acids is 2. The normalized spacial score (nSPS) is 21.8. The monoisotopic (exact) mass is 311 g/mol. The quantitative estimate of drug-likeness (QED) is 0.808. The van der Waals surface area contributed by atoms with Gasteiger partial charge in [0.15, 0.2) is 0 Å². The van der Waals surface area contributed by atoms with Crippen molar-refractivity contribution in [1.82, 2.24) is 9.80 Å². The van der Waals surface area contributed by atoms with Crippen molar-refractivity contribution >= 4 is 12.1 Å². The standard InChI is InChI=1S/C16H29N3O3/c1-16(2,3)22-15(21)19-10-6-13(7-11-19)12-4-8-18(9-5-12)14(17)20/h12-13H,4-11H2,1-3H3,(H2,17,20). The maximum atomic E-state index is 12.1. The van der Waals surface area contributed by atoms with E-state index in [0.29, 0.717) is 11.8 Å². The van der Waals surface area contributed by atoms with Gasteiger partial charge in [0.05, 0.1) is 0 Å². The van der Waals surface area contributed by atoms with E-state index >= 15 is 0 Å². The third-order valence-electron chi connectivity index (χ3n) is 4.71. The first kappa shape index (κ1) is 16.9. The summed E-state index contributed by atoms with van der Waals surface area (Å²) in [7, 11) is 0. The van der Waals surface area contributed by atoms with E-state index in [0.717, 1.165) is 51.9 Å². The van der Waals surface area contributed by atoms with E-state index in [-0.39, 0.29) is 12.1 Å². The molecule has 6 nitrogen and oxygen atoms in total. The summed E-state index contributed by atoms with van der Waals surface area (Å²) in [5, 5.41) is 0. The molecule has 0 aliphatic carbocycles. The highest BCUT2D eigenvalue weighted by Crippen LogP contribution is 2.32. The highest BCUT2D eigenvalue weighted by Gasteiger charge is 2.32. The Kier molecular flexibility index (Phi) is 5.19. The molecule has 0 atom stereocenters. The number of urea groups is 1. The second kappa shape index (κ2) is 6.75. The van der Waals surface area contributed by atoms with Gasteiger partial charge < -0.3 is 20.3 Å². The average Bonchev–Trinajstić information content (AvgIpc) is 2.46. The Balaban J connectivity index is 1.76. The first-order valence-electron chi connectivity index (χ1n) is 8.28. The lowest BCUT2D eigenvalue weighted by Crippen LogP contribution is -2.46. The van der Waals surface area contributed by atoms with Gasteiger partial charge in [0, 0.05) is 26.2 Å². The molecule has 0 saturated carbocycles. The van der Waals surface area contributed by atoms with E-state index < -0.39 is 5.60 Å². The molecule has 6 heteroatoms. The zero-order valence-corrected chi connectivity index (χ0v) is 14.0. The third-order valence-corrected chi connectivity index (χ3v) is 4.71. The van der Waals surface area contributed by atoms with Crippen LogP contribution in [0.15, 0.2) is 0 Å². The van der Waals surface area contributed by atoms with Crippen LogP contribution in [0.2, 0.25) is 0 Å².